The molecule has 3 aromatic rings. The summed E-state index contributed by atoms with van der Waals surface area (Å²) in [6.07, 6.45) is 1.86. The van der Waals surface area contributed by atoms with Gasteiger partial charge in [-0.1, -0.05) is 23.7 Å². The van der Waals surface area contributed by atoms with Crippen LogP contribution in [0.5, 0.6) is 0 Å². The van der Waals surface area contributed by atoms with E-state index in [1.54, 1.807) is 16.0 Å². The third kappa shape index (κ3) is 3.12. The number of amides is 1. The number of carbonyl (C=O) groups excluding carboxylic acids is 1. The van der Waals surface area contributed by atoms with Crippen molar-refractivity contribution < 1.29 is 4.79 Å². The molecule has 1 amide bonds. The fourth-order valence-corrected chi connectivity index (χ4v) is 3.41. The molecule has 0 aliphatic carbocycles. The van der Waals surface area contributed by atoms with Gasteiger partial charge in [0.2, 0.25) is 0 Å². The van der Waals surface area contributed by atoms with Gasteiger partial charge >= 0.3 is 0 Å². The largest absolute Gasteiger partial charge is 0.327 e. The predicted octanol–water partition coefficient (Wildman–Crippen LogP) is 3.60. The van der Waals surface area contributed by atoms with Crippen molar-refractivity contribution in [3.63, 3.8) is 0 Å². The zero-order chi connectivity index (χ0) is 14.8. The highest BCUT2D eigenvalue weighted by Gasteiger charge is 2.11. The number of aromatic nitrogens is 2. The molecule has 0 bridgehead atoms. The maximum absolute atomic E-state index is 12.1. The van der Waals surface area contributed by atoms with Crippen molar-refractivity contribution >= 4 is 40.2 Å². The molecule has 0 aliphatic heterocycles. The third-order valence-corrected chi connectivity index (χ3v) is 4.73. The first-order chi connectivity index (χ1) is 10.1. The lowest BCUT2D eigenvalue weighted by Crippen LogP contribution is -2.12. The Morgan fingerprint density at radius 3 is 2.95 bits per heavy atom. The smallest absolute Gasteiger partial charge is 0.299 e. The van der Waals surface area contributed by atoms with E-state index in [0.29, 0.717) is 15.5 Å². The molecule has 0 spiro atoms. The van der Waals surface area contributed by atoms with Crippen LogP contribution in [-0.2, 0) is 7.05 Å². The topological polar surface area (TPSA) is 47.2 Å². The van der Waals surface area contributed by atoms with Gasteiger partial charge in [-0.2, -0.15) is 4.99 Å². The van der Waals surface area contributed by atoms with E-state index in [9.17, 15) is 4.79 Å². The summed E-state index contributed by atoms with van der Waals surface area (Å²) in [5.41, 5.74) is 1.25. The Morgan fingerprint density at radius 1 is 1.38 bits per heavy atom. The fraction of sp³-hybridized carbons (Fsp3) is 0.0714. The van der Waals surface area contributed by atoms with Crippen LogP contribution in [0, 0.1) is 0 Å². The minimum absolute atomic E-state index is 0.336. The number of hydrogen-bond acceptors (Lipinski definition) is 4. The number of nitrogens with zero attached hydrogens (tertiary/aromatic N) is 3. The molecular formula is C14H10ClN3OS2. The third-order valence-electron chi connectivity index (χ3n) is 2.75. The first-order valence-electron chi connectivity index (χ1n) is 6.04. The fourth-order valence-electron chi connectivity index (χ4n) is 1.70. The number of hydrogen-bond donors (Lipinski definition) is 0. The molecule has 1 aromatic carbocycles. The molecule has 3 rings (SSSR count). The van der Waals surface area contributed by atoms with E-state index in [1.807, 2.05) is 36.8 Å². The lowest BCUT2D eigenvalue weighted by Gasteiger charge is -1.95. The van der Waals surface area contributed by atoms with Gasteiger partial charge in [-0.25, -0.2) is 4.98 Å². The maximum Gasteiger partial charge on any atom is 0.299 e. The molecule has 0 saturated heterocycles. The van der Waals surface area contributed by atoms with E-state index < -0.39 is 0 Å². The zero-order valence-electron chi connectivity index (χ0n) is 11.0. The van der Waals surface area contributed by atoms with Crippen LogP contribution in [-0.4, -0.2) is 15.5 Å². The molecule has 2 heterocycles. The molecule has 0 N–H and O–H groups in total. The highest BCUT2D eigenvalue weighted by Crippen LogP contribution is 2.26. The number of halogens is 1. The number of aryl methyl sites for hydroxylation is 1. The quantitative estimate of drug-likeness (QED) is 0.718. The van der Waals surface area contributed by atoms with Crippen LogP contribution >= 0.6 is 34.3 Å². The molecule has 4 nitrogen and oxygen atoms in total. The summed E-state index contributed by atoms with van der Waals surface area (Å²) in [6.45, 7) is 0. The Kier molecular flexibility index (Phi) is 4.01. The zero-order valence-corrected chi connectivity index (χ0v) is 13.4. The second-order valence-electron chi connectivity index (χ2n) is 4.26. The van der Waals surface area contributed by atoms with Gasteiger partial charge in [0.15, 0.2) is 4.80 Å². The SMILES string of the molecule is Cn1ccsc1=NC(=O)c1csc(-c2cccc(Cl)c2)n1. The van der Waals surface area contributed by atoms with Crippen molar-refractivity contribution in [2.24, 2.45) is 12.0 Å². The first-order valence-corrected chi connectivity index (χ1v) is 8.18. The molecule has 0 fully saturated rings. The van der Waals surface area contributed by atoms with E-state index in [4.69, 9.17) is 11.6 Å². The van der Waals surface area contributed by atoms with Crippen molar-refractivity contribution in [3.05, 3.63) is 56.7 Å². The van der Waals surface area contributed by atoms with Gasteiger partial charge in [0.1, 0.15) is 10.7 Å². The molecule has 0 atom stereocenters. The van der Waals surface area contributed by atoms with Crippen molar-refractivity contribution in [2.75, 3.05) is 0 Å². The van der Waals surface area contributed by atoms with Gasteiger partial charge in [0.25, 0.3) is 5.91 Å². The molecule has 7 heteroatoms. The summed E-state index contributed by atoms with van der Waals surface area (Å²) >= 11 is 8.78. The second kappa shape index (κ2) is 5.93. The van der Waals surface area contributed by atoms with Crippen LogP contribution in [0.3, 0.4) is 0 Å². The van der Waals surface area contributed by atoms with Crippen LogP contribution in [0.2, 0.25) is 5.02 Å². The van der Waals surface area contributed by atoms with Crippen molar-refractivity contribution in [1.82, 2.24) is 9.55 Å². The van der Waals surface area contributed by atoms with Gasteiger partial charge in [0, 0.05) is 34.6 Å². The van der Waals surface area contributed by atoms with E-state index in [0.717, 1.165) is 10.6 Å². The summed E-state index contributed by atoms with van der Waals surface area (Å²) in [7, 11) is 1.85. The highest BCUT2D eigenvalue weighted by atomic mass is 35.5. The summed E-state index contributed by atoms with van der Waals surface area (Å²) in [4.78, 5) is 21.2. The number of carbonyl (C=O) groups is 1. The Balaban J connectivity index is 1.92. The number of thiazole rings is 2. The molecule has 0 saturated carbocycles. The average Bonchev–Trinajstić information content (AvgIpc) is 3.09. The normalized spacial score (nSPS) is 11.8. The van der Waals surface area contributed by atoms with Crippen molar-refractivity contribution in [1.29, 1.82) is 0 Å². The second-order valence-corrected chi connectivity index (χ2v) is 6.43. The lowest BCUT2D eigenvalue weighted by molar-refractivity contribution is 0.0994. The standard InChI is InChI=1S/C14H10ClN3OS2/c1-18-5-6-20-14(18)17-12(19)11-8-21-13(16-11)9-3-2-4-10(15)7-9/h2-8H,1H3. The van der Waals surface area contributed by atoms with Crippen molar-refractivity contribution in [3.8, 4) is 10.6 Å². The molecule has 2 aromatic heterocycles. The number of rotatable bonds is 2. The summed E-state index contributed by atoms with van der Waals surface area (Å²) in [5, 5.41) is 5.00. The van der Waals surface area contributed by atoms with Crippen LogP contribution < -0.4 is 4.80 Å². The predicted molar refractivity (Wildman–Crippen MR) is 85.7 cm³/mol. The van der Waals surface area contributed by atoms with Gasteiger partial charge in [0.05, 0.1) is 0 Å². The van der Waals surface area contributed by atoms with Crippen LogP contribution in [0.4, 0.5) is 0 Å². The molecule has 0 unspecified atom stereocenters. The Labute approximate surface area is 134 Å². The van der Waals surface area contributed by atoms with Gasteiger partial charge < -0.3 is 4.57 Å². The van der Waals surface area contributed by atoms with E-state index in [-0.39, 0.29) is 5.91 Å². The van der Waals surface area contributed by atoms with E-state index in [2.05, 4.69) is 9.98 Å². The average molecular weight is 336 g/mol. The summed E-state index contributed by atoms with van der Waals surface area (Å²) in [6, 6.07) is 7.40. The van der Waals surface area contributed by atoms with Gasteiger partial charge in [-0.3, -0.25) is 4.79 Å². The van der Waals surface area contributed by atoms with Crippen LogP contribution in [0.1, 0.15) is 10.5 Å². The Bertz CT molecular complexity index is 863. The van der Waals surface area contributed by atoms with Crippen LogP contribution in [0.15, 0.2) is 46.2 Å². The Morgan fingerprint density at radius 2 is 2.24 bits per heavy atom. The molecule has 0 aliphatic rings. The molecule has 106 valence electrons. The molecular weight excluding hydrogens is 326 g/mol. The van der Waals surface area contributed by atoms with Crippen LogP contribution in [0.25, 0.3) is 10.6 Å². The van der Waals surface area contributed by atoms with E-state index in [1.165, 1.54) is 22.7 Å². The summed E-state index contributed by atoms with van der Waals surface area (Å²) in [5.74, 6) is -0.336. The highest BCUT2D eigenvalue weighted by molar-refractivity contribution is 7.13. The van der Waals surface area contributed by atoms with Gasteiger partial charge in [-0.15, -0.1) is 22.7 Å². The van der Waals surface area contributed by atoms with Crippen molar-refractivity contribution in [2.45, 2.75) is 0 Å². The monoisotopic (exact) mass is 335 g/mol. The van der Waals surface area contributed by atoms with Gasteiger partial charge in [-0.05, 0) is 12.1 Å². The lowest BCUT2D eigenvalue weighted by atomic mass is 10.2. The minimum Gasteiger partial charge on any atom is -0.327 e. The molecule has 21 heavy (non-hydrogen) atoms. The number of benzene rings is 1. The molecule has 0 radical (unpaired) electrons. The van der Waals surface area contributed by atoms with E-state index >= 15 is 0 Å². The Hall–Kier alpha value is -1.76. The first kappa shape index (κ1) is 14.2. The maximum atomic E-state index is 12.1. The minimum atomic E-state index is -0.336. The summed E-state index contributed by atoms with van der Waals surface area (Å²) < 4.78 is 1.80.